The maximum absolute atomic E-state index is 13.1. The van der Waals surface area contributed by atoms with Crippen LogP contribution in [0.1, 0.15) is 108 Å². The van der Waals surface area contributed by atoms with E-state index in [0.717, 1.165) is 25.7 Å². The van der Waals surface area contributed by atoms with Crippen molar-refractivity contribution in [3.63, 3.8) is 0 Å². The summed E-state index contributed by atoms with van der Waals surface area (Å²) < 4.78 is 11.5. The summed E-state index contributed by atoms with van der Waals surface area (Å²) in [7, 11) is 0. The lowest BCUT2D eigenvalue weighted by Gasteiger charge is -2.61. The van der Waals surface area contributed by atoms with E-state index in [1.165, 1.54) is 12.1 Å². The molecule has 4 atom stereocenters. The van der Waals surface area contributed by atoms with Crippen molar-refractivity contribution in [1.29, 1.82) is 0 Å². The van der Waals surface area contributed by atoms with Crippen LogP contribution in [0.3, 0.4) is 0 Å². The Kier molecular flexibility index (Phi) is 7.67. The molecule has 9 nitrogen and oxygen atoms in total. The highest BCUT2D eigenvalue weighted by Gasteiger charge is 2.60. The summed E-state index contributed by atoms with van der Waals surface area (Å²) in [4.78, 5) is 68.6. The molecule has 0 unspecified atom stereocenters. The van der Waals surface area contributed by atoms with Gasteiger partial charge in [-0.3, -0.25) is 14.4 Å². The molecular weight excluding hydrogens is 514 g/mol. The standard InChI is InChI=1S/C31H41NO8/c1-28(2,3)27(37)38-18-14-22-30(6)16-10-15-29(4,5)21(30)13-17-31(22,7)39-25(35)26(36)40-32-23(33)19-11-8-9-12-20(19)24(32)34/h8-9,11-12,21-22H,10,13-18H2,1-7H3/t21-,22+,30-,31+/m0/s1. The zero-order valence-electron chi connectivity index (χ0n) is 24.6. The Balaban J connectivity index is 1.53. The Bertz CT molecular complexity index is 1190. The van der Waals surface area contributed by atoms with Crippen LogP contribution < -0.4 is 0 Å². The zero-order valence-corrected chi connectivity index (χ0v) is 24.6. The summed E-state index contributed by atoms with van der Waals surface area (Å²) in [6, 6.07) is 6.08. The molecule has 1 aromatic rings. The van der Waals surface area contributed by atoms with Crippen LogP contribution in [0, 0.1) is 28.1 Å². The number of nitrogens with zero attached hydrogens (tertiary/aromatic N) is 1. The molecule has 2 amide bonds. The molecule has 0 spiro atoms. The molecular formula is C31H41NO8. The molecule has 1 aliphatic heterocycles. The van der Waals surface area contributed by atoms with Crippen molar-refractivity contribution < 1.29 is 38.3 Å². The van der Waals surface area contributed by atoms with Crippen LogP contribution in [0.2, 0.25) is 0 Å². The Hall–Kier alpha value is -3.23. The average Bonchev–Trinajstić information content (AvgIpc) is 3.09. The number of esters is 2. The van der Waals surface area contributed by atoms with E-state index in [1.54, 1.807) is 32.9 Å². The quantitative estimate of drug-likeness (QED) is 0.274. The van der Waals surface area contributed by atoms with Crippen molar-refractivity contribution in [1.82, 2.24) is 5.06 Å². The molecule has 9 heteroatoms. The van der Waals surface area contributed by atoms with Gasteiger partial charge in [-0.15, -0.1) is 0 Å². The number of carbonyl (C=O) groups excluding carboxylic acids is 5. The normalized spacial score (nSPS) is 29.3. The lowest BCUT2D eigenvalue weighted by atomic mass is 9.45. The van der Waals surface area contributed by atoms with E-state index < -0.39 is 34.8 Å². The molecule has 0 saturated heterocycles. The van der Waals surface area contributed by atoms with Gasteiger partial charge >= 0.3 is 17.9 Å². The van der Waals surface area contributed by atoms with Gasteiger partial charge in [0.2, 0.25) is 0 Å². The number of imide groups is 1. The Morgan fingerprint density at radius 2 is 1.52 bits per heavy atom. The molecule has 3 aliphatic rings. The topological polar surface area (TPSA) is 116 Å². The van der Waals surface area contributed by atoms with Gasteiger partial charge in [-0.05, 0) is 88.7 Å². The van der Waals surface area contributed by atoms with Gasteiger partial charge in [-0.25, -0.2) is 9.59 Å². The maximum Gasteiger partial charge on any atom is 0.442 e. The summed E-state index contributed by atoms with van der Waals surface area (Å²) in [5.74, 6) is -4.50. The van der Waals surface area contributed by atoms with Crippen molar-refractivity contribution in [3.05, 3.63) is 35.4 Å². The molecule has 4 rings (SSSR count). The zero-order chi connectivity index (χ0) is 29.7. The molecule has 0 N–H and O–H groups in total. The second kappa shape index (κ2) is 10.3. The van der Waals surface area contributed by atoms with E-state index in [1.807, 2.05) is 6.92 Å². The first-order valence-corrected chi connectivity index (χ1v) is 14.1. The number of hydrogen-bond donors (Lipinski definition) is 0. The van der Waals surface area contributed by atoms with Gasteiger partial charge in [0.15, 0.2) is 0 Å². The minimum Gasteiger partial charge on any atom is -0.465 e. The van der Waals surface area contributed by atoms with E-state index >= 15 is 0 Å². The third-order valence-corrected chi connectivity index (χ3v) is 9.41. The SMILES string of the molecule is CC(C)(C)C(=O)OCC[C@@H]1[C@@]2(C)CCCC(C)(C)[C@@H]2CC[C@@]1(C)OC(=O)C(=O)ON1C(=O)c2ccccc2C1=O. The highest BCUT2D eigenvalue weighted by molar-refractivity contribution is 6.31. The van der Waals surface area contributed by atoms with Gasteiger partial charge in [0.1, 0.15) is 5.60 Å². The lowest BCUT2D eigenvalue weighted by Crippen LogP contribution is -2.59. The Labute approximate surface area is 235 Å². The fourth-order valence-corrected chi connectivity index (χ4v) is 7.47. The van der Waals surface area contributed by atoms with E-state index in [2.05, 4.69) is 20.8 Å². The average molecular weight is 556 g/mol. The minimum atomic E-state index is -1.44. The highest BCUT2D eigenvalue weighted by Crippen LogP contribution is 2.63. The number of carbonyl (C=O) groups is 5. The summed E-state index contributed by atoms with van der Waals surface area (Å²) in [6.07, 6.45) is 4.82. The van der Waals surface area contributed by atoms with Gasteiger partial charge in [-0.1, -0.05) is 44.4 Å². The molecule has 1 heterocycles. The van der Waals surface area contributed by atoms with Crippen molar-refractivity contribution in [2.45, 2.75) is 92.6 Å². The second-order valence-electron chi connectivity index (χ2n) is 13.7. The van der Waals surface area contributed by atoms with Crippen LogP contribution in [0.25, 0.3) is 0 Å². The number of hydroxylamine groups is 2. The smallest absolute Gasteiger partial charge is 0.442 e. The molecule has 218 valence electrons. The van der Waals surface area contributed by atoms with Crippen LogP contribution in [-0.2, 0) is 28.7 Å². The van der Waals surface area contributed by atoms with E-state index in [9.17, 15) is 24.0 Å². The Morgan fingerprint density at radius 1 is 0.925 bits per heavy atom. The van der Waals surface area contributed by atoms with Crippen LogP contribution in [-0.4, -0.2) is 47.0 Å². The van der Waals surface area contributed by atoms with E-state index in [4.69, 9.17) is 14.3 Å². The molecule has 2 aliphatic carbocycles. The predicted molar refractivity (Wildman–Crippen MR) is 145 cm³/mol. The molecule has 0 aromatic heterocycles. The number of benzene rings is 1. The summed E-state index contributed by atoms with van der Waals surface area (Å²) >= 11 is 0. The van der Waals surface area contributed by atoms with Crippen molar-refractivity contribution >= 4 is 29.7 Å². The first-order chi connectivity index (χ1) is 18.5. The van der Waals surface area contributed by atoms with Crippen LogP contribution in [0.15, 0.2) is 24.3 Å². The van der Waals surface area contributed by atoms with Gasteiger partial charge in [0.25, 0.3) is 11.8 Å². The predicted octanol–water partition coefficient (Wildman–Crippen LogP) is 5.26. The van der Waals surface area contributed by atoms with Gasteiger partial charge < -0.3 is 14.3 Å². The van der Waals surface area contributed by atoms with Crippen molar-refractivity contribution in [2.24, 2.45) is 28.1 Å². The molecule has 2 saturated carbocycles. The van der Waals surface area contributed by atoms with Gasteiger partial charge in [-0.2, -0.15) is 0 Å². The molecule has 0 radical (unpaired) electrons. The summed E-state index contributed by atoms with van der Waals surface area (Å²) in [5.41, 5.74) is -1.65. The number of amides is 2. The van der Waals surface area contributed by atoms with Gasteiger partial charge in [0.05, 0.1) is 23.1 Å². The summed E-state index contributed by atoms with van der Waals surface area (Å²) in [6.45, 7) is 14.1. The summed E-state index contributed by atoms with van der Waals surface area (Å²) in [5, 5.41) is 0.307. The van der Waals surface area contributed by atoms with Crippen LogP contribution in [0.5, 0.6) is 0 Å². The van der Waals surface area contributed by atoms with Crippen molar-refractivity contribution in [2.75, 3.05) is 6.61 Å². The Morgan fingerprint density at radius 3 is 2.10 bits per heavy atom. The fourth-order valence-electron chi connectivity index (χ4n) is 7.47. The first-order valence-electron chi connectivity index (χ1n) is 14.1. The fraction of sp³-hybridized carbons (Fsp3) is 0.645. The van der Waals surface area contributed by atoms with Gasteiger partial charge in [0, 0.05) is 5.92 Å². The third-order valence-electron chi connectivity index (χ3n) is 9.41. The number of ether oxygens (including phenoxy) is 2. The van der Waals surface area contributed by atoms with E-state index in [0.29, 0.717) is 23.8 Å². The molecule has 2 fully saturated rings. The van der Waals surface area contributed by atoms with Crippen molar-refractivity contribution in [3.8, 4) is 0 Å². The number of fused-ring (bicyclic) bond motifs is 2. The molecule has 1 aromatic carbocycles. The minimum absolute atomic E-state index is 0.0864. The molecule has 40 heavy (non-hydrogen) atoms. The highest BCUT2D eigenvalue weighted by atomic mass is 16.7. The number of hydrogen-bond acceptors (Lipinski definition) is 8. The van der Waals surface area contributed by atoms with Crippen LogP contribution in [0.4, 0.5) is 0 Å². The third kappa shape index (κ3) is 5.27. The van der Waals surface area contributed by atoms with Crippen LogP contribution >= 0.6 is 0 Å². The van der Waals surface area contributed by atoms with E-state index in [-0.39, 0.29) is 40.5 Å². The molecule has 0 bridgehead atoms. The first kappa shape index (κ1) is 29.7. The number of rotatable bonds is 5. The monoisotopic (exact) mass is 555 g/mol. The largest absolute Gasteiger partial charge is 0.465 e. The second-order valence-corrected chi connectivity index (χ2v) is 13.7. The maximum atomic E-state index is 13.1. The lowest BCUT2D eigenvalue weighted by molar-refractivity contribution is -0.213.